The number of aryl methyl sites for hydroxylation is 1. The first-order valence-electron chi connectivity index (χ1n) is 11.0. The second-order valence-electron chi connectivity index (χ2n) is 8.31. The summed E-state index contributed by atoms with van der Waals surface area (Å²) >= 11 is 0. The Morgan fingerprint density at radius 3 is 2.30 bits per heavy atom. The molecule has 1 fully saturated rings. The predicted octanol–water partition coefficient (Wildman–Crippen LogP) is 5.15. The topological polar surface area (TPSA) is 74.0 Å². The van der Waals surface area contributed by atoms with Crippen LogP contribution in [0.3, 0.4) is 0 Å². The number of hydrogen-bond acceptors (Lipinski definition) is 3. The van der Waals surface area contributed by atoms with Crippen LogP contribution >= 0.6 is 0 Å². The fourth-order valence-electron chi connectivity index (χ4n) is 4.23. The van der Waals surface area contributed by atoms with E-state index in [4.69, 9.17) is 5.41 Å². The largest absolute Gasteiger partial charge is 0.357 e. The van der Waals surface area contributed by atoms with Crippen molar-refractivity contribution < 1.29 is 9.18 Å². The summed E-state index contributed by atoms with van der Waals surface area (Å²) in [5.74, 6) is 0.134. The van der Waals surface area contributed by atoms with Crippen molar-refractivity contribution in [1.29, 1.82) is 5.41 Å². The van der Waals surface area contributed by atoms with E-state index in [1.54, 1.807) is 43.3 Å². The molecule has 0 atom stereocenters. The van der Waals surface area contributed by atoms with E-state index in [1.807, 2.05) is 24.3 Å². The van der Waals surface area contributed by atoms with Crippen molar-refractivity contribution in [1.82, 2.24) is 14.7 Å². The Kier molecular flexibility index (Phi) is 5.38. The average Bonchev–Trinajstić information content (AvgIpc) is 3.48. The molecule has 1 aromatic heterocycles. The molecule has 1 amide bonds. The molecule has 0 saturated carbocycles. The Hall–Kier alpha value is -4.00. The third-order valence-electron chi connectivity index (χ3n) is 5.96. The van der Waals surface area contributed by atoms with Crippen molar-refractivity contribution >= 4 is 28.3 Å². The highest BCUT2D eigenvalue weighted by Gasteiger charge is 2.18. The molecule has 4 aromatic rings. The Balaban J connectivity index is 1.40. The van der Waals surface area contributed by atoms with Crippen molar-refractivity contribution in [3.63, 3.8) is 0 Å². The Labute approximate surface area is 191 Å². The number of anilines is 1. The van der Waals surface area contributed by atoms with Gasteiger partial charge in [0.05, 0.1) is 5.69 Å². The summed E-state index contributed by atoms with van der Waals surface area (Å²) in [5.41, 5.74) is 2.17. The minimum absolute atomic E-state index is 0.270. The Morgan fingerprint density at radius 1 is 0.970 bits per heavy atom. The van der Waals surface area contributed by atoms with Gasteiger partial charge in [0.1, 0.15) is 23.2 Å². The molecule has 0 bridgehead atoms. The maximum absolute atomic E-state index is 14.9. The van der Waals surface area contributed by atoms with E-state index < -0.39 is 5.82 Å². The number of hydrogen-bond donors (Lipinski definition) is 2. The van der Waals surface area contributed by atoms with Crippen LogP contribution in [0.2, 0.25) is 0 Å². The second-order valence-corrected chi connectivity index (χ2v) is 8.31. The monoisotopic (exact) mass is 441 g/mol. The van der Waals surface area contributed by atoms with E-state index in [9.17, 15) is 9.18 Å². The molecule has 0 unspecified atom stereocenters. The lowest BCUT2D eigenvalue weighted by molar-refractivity contribution is 0.102. The van der Waals surface area contributed by atoms with Crippen molar-refractivity contribution in [3.8, 4) is 5.69 Å². The number of benzene rings is 3. The normalized spacial score (nSPS) is 13.5. The van der Waals surface area contributed by atoms with Crippen LogP contribution in [-0.4, -0.2) is 39.5 Å². The quantitative estimate of drug-likeness (QED) is 0.340. The number of fused-ring (bicyclic) bond motifs is 1. The van der Waals surface area contributed by atoms with Crippen LogP contribution in [0, 0.1) is 18.2 Å². The molecule has 0 radical (unpaired) electrons. The number of amidine groups is 1. The predicted molar refractivity (Wildman–Crippen MR) is 128 cm³/mol. The summed E-state index contributed by atoms with van der Waals surface area (Å²) in [6, 6.07) is 19.4. The highest BCUT2D eigenvalue weighted by molar-refractivity contribution is 6.05. The lowest BCUT2D eigenvalue weighted by atomic mass is 10.1. The number of nitrogens with one attached hydrogen (secondary N) is 2. The SMILES string of the molecule is Cc1cc(NC(=O)c2ccc(C(=N)N3CCCC3)cc2)n(-c2cc3ccccc3cc2F)n1. The molecule has 33 heavy (non-hydrogen) atoms. The van der Waals surface area contributed by atoms with Crippen molar-refractivity contribution in [2.45, 2.75) is 19.8 Å². The Bertz CT molecular complexity index is 1350. The van der Waals surface area contributed by atoms with Crippen LogP contribution < -0.4 is 5.32 Å². The molecule has 166 valence electrons. The van der Waals surface area contributed by atoms with Gasteiger partial charge in [0.2, 0.25) is 0 Å². The van der Waals surface area contributed by atoms with Gasteiger partial charge in [-0.25, -0.2) is 9.07 Å². The standard InChI is InChI=1S/C26H24FN5O/c1-17-14-24(32(30-17)23-16-21-7-3-2-6-20(21)15-22(23)27)29-26(33)19-10-8-18(9-11-19)25(28)31-12-4-5-13-31/h2-3,6-11,14-16,28H,4-5,12-13H2,1H3,(H,29,33). The van der Waals surface area contributed by atoms with E-state index in [0.29, 0.717) is 22.9 Å². The molecular weight excluding hydrogens is 417 g/mol. The van der Waals surface area contributed by atoms with E-state index >= 15 is 0 Å². The summed E-state index contributed by atoms with van der Waals surface area (Å²) in [6.45, 7) is 3.59. The average molecular weight is 442 g/mol. The summed E-state index contributed by atoms with van der Waals surface area (Å²) in [7, 11) is 0. The van der Waals surface area contributed by atoms with Gasteiger partial charge in [0.25, 0.3) is 5.91 Å². The number of amides is 1. The van der Waals surface area contributed by atoms with Gasteiger partial charge in [-0.1, -0.05) is 36.4 Å². The molecule has 7 heteroatoms. The fraction of sp³-hybridized carbons (Fsp3) is 0.192. The minimum Gasteiger partial charge on any atom is -0.357 e. The lowest BCUT2D eigenvalue weighted by Gasteiger charge is -2.18. The van der Waals surface area contributed by atoms with Gasteiger partial charge < -0.3 is 10.2 Å². The molecule has 2 N–H and O–H groups in total. The van der Waals surface area contributed by atoms with Crippen molar-refractivity contribution in [2.24, 2.45) is 0 Å². The molecule has 1 aliphatic rings. The lowest BCUT2D eigenvalue weighted by Crippen LogP contribution is -2.27. The van der Waals surface area contributed by atoms with Crippen LogP contribution in [0.5, 0.6) is 0 Å². The third-order valence-corrected chi connectivity index (χ3v) is 5.96. The van der Waals surface area contributed by atoms with Gasteiger partial charge in [-0.3, -0.25) is 10.2 Å². The zero-order valence-electron chi connectivity index (χ0n) is 18.3. The first-order valence-corrected chi connectivity index (χ1v) is 11.0. The number of nitrogens with zero attached hydrogens (tertiary/aromatic N) is 3. The molecule has 1 saturated heterocycles. The first kappa shape index (κ1) is 20.9. The van der Waals surface area contributed by atoms with Gasteiger partial charge in [0.15, 0.2) is 0 Å². The summed E-state index contributed by atoms with van der Waals surface area (Å²) in [5, 5.41) is 17.3. The molecule has 1 aliphatic heterocycles. The van der Waals surface area contributed by atoms with Crippen LogP contribution in [0.1, 0.15) is 34.5 Å². The van der Waals surface area contributed by atoms with Crippen LogP contribution in [0.15, 0.2) is 66.7 Å². The highest BCUT2D eigenvalue weighted by Crippen LogP contribution is 2.25. The van der Waals surface area contributed by atoms with Gasteiger partial charge in [-0.15, -0.1) is 0 Å². The van der Waals surface area contributed by atoms with Crippen LogP contribution in [-0.2, 0) is 0 Å². The summed E-state index contributed by atoms with van der Waals surface area (Å²) in [6.07, 6.45) is 2.21. The van der Waals surface area contributed by atoms with E-state index in [-0.39, 0.29) is 11.6 Å². The van der Waals surface area contributed by atoms with Gasteiger partial charge in [0, 0.05) is 30.3 Å². The Morgan fingerprint density at radius 2 is 1.61 bits per heavy atom. The molecule has 0 spiro atoms. The molecule has 2 heterocycles. The number of carbonyl (C=O) groups excluding carboxylic acids is 1. The highest BCUT2D eigenvalue weighted by atomic mass is 19.1. The summed E-state index contributed by atoms with van der Waals surface area (Å²) in [4.78, 5) is 15.0. The van der Waals surface area contributed by atoms with Gasteiger partial charge in [-0.05, 0) is 54.8 Å². The van der Waals surface area contributed by atoms with Gasteiger partial charge >= 0.3 is 0 Å². The van der Waals surface area contributed by atoms with E-state index in [2.05, 4.69) is 15.3 Å². The van der Waals surface area contributed by atoms with Crippen molar-refractivity contribution in [3.05, 3.63) is 89.4 Å². The second kappa shape index (κ2) is 8.50. The number of halogens is 1. The number of carbonyl (C=O) groups is 1. The molecule has 3 aromatic carbocycles. The van der Waals surface area contributed by atoms with Crippen LogP contribution in [0.25, 0.3) is 16.5 Å². The maximum Gasteiger partial charge on any atom is 0.256 e. The van der Waals surface area contributed by atoms with Crippen molar-refractivity contribution in [2.75, 3.05) is 18.4 Å². The first-order chi connectivity index (χ1) is 16.0. The number of likely N-dealkylation sites (tertiary alicyclic amines) is 1. The maximum atomic E-state index is 14.9. The third kappa shape index (κ3) is 4.09. The molecule has 0 aliphatic carbocycles. The fourth-order valence-corrected chi connectivity index (χ4v) is 4.23. The zero-order valence-corrected chi connectivity index (χ0v) is 18.3. The number of aromatic nitrogens is 2. The molecule has 6 nitrogen and oxygen atoms in total. The minimum atomic E-state index is -0.419. The van der Waals surface area contributed by atoms with Gasteiger partial charge in [-0.2, -0.15) is 5.10 Å². The number of rotatable bonds is 4. The smallest absolute Gasteiger partial charge is 0.256 e. The molecule has 5 rings (SSSR count). The molecular formula is C26H24FN5O. The zero-order chi connectivity index (χ0) is 22.9. The van der Waals surface area contributed by atoms with Crippen LogP contribution in [0.4, 0.5) is 10.2 Å². The van der Waals surface area contributed by atoms with E-state index in [1.165, 1.54) is 10.7 Å². The summed E-state index contributed by atoms with van der Waals surface area (Å²) < 4.78 is 16.3. The van der Waals surface area contributed by atoms with E-state index in [0.717, 1.165) is 42.3 Å².